The van der Waals surface area contributed by atoms with Crippen LogP contribution in [-0.4, -0.2) is 0 Å². The molecule has 1 aromatic carbocycles. The normalized spacial score (nSPS) is 10.2. The lowest BCUT2D eigenvalue weighted by atomic mass is 10.2. The van der Waals surface area contributed by atoms with Crippen LogP contribution in [0.2, 0.25) is 15.1 Å². The van der Waals surface area contributed by atoms with Gasteiger partial charge in [0.1, 0.15) is 0 Å². The van der Waals surface area contributed by atoms with Crippen molar-refractivity contribution in [1.29, 1.82) is 0 Å². The lowest BCUT2D eigenvalue weighted by molar-refractivity contribution is 1.55. The molecular weight excluding hydrogens is 362 g/mol. The van der Waals surface area contributed by atoms with Crippen LogP contribution in [0.5, 0.6) is 0 Å². The van der Waals surface area contributed by atoms with Gasteiger partial charge in [0.25, 0.3) is 0 Å². The van der Waals surface area contributed by atoms with E-state index in [0.717, 1.165) is 10.0 Å². The van der Waals surface area contributed by atoms with E-state index in [0.29, 0.717) is 19.5 Å². The maximum Gasteiger partial charge on any atom is 0.0796 e. The van der Waals surface area contributed by atoms with Gasteiger partial charge in [-0.25, -0.2) is 0 Å². The van der Waals surface area contributed by atoms with Crippen molar-refractivity contribution in [2.45, 2.75) is 0 Å². The maximum atomic E-state index is 5.94. The molecule has 0 fully saturated rings. The van der Waals surface area contributed by atoms with Crippen LogP contribution >= 0.6 is 66.7 Å². The summed E-state index contributed by atoms with van der Waals surface area (Å²) in [6, 6.07) is 0. The minimum Gasteiger partial charge on any atom is -0.0984 e. The Hall–Kier alpha value is 0.790. The zero-order valence-electron chi connectivity index (χ0n) is 6.17. The number of hydrogen-bond donors (Lipinski definition) is 0. The lowest BCUT2D eigenvalue weighted by Crippen LogP contribution is -1.84. The van der Waals surface area contributed by atoms with Gasteiger partial charge in [-0.3, -0.25) is 0 Å². The summed E-state index contributed by atoms with van der Waals surface area (Å²) in [5, 5.41) is 1.12. The van der Waals surface area contributed by atoms with E-state index in [-0.39, 0.29) is 0 Å². The highest BCUT2D eigenvalue weighted by Gasteiger charge is 2.16. The van der Waals surface area contributed by atoms with E-state index in [4.69, 9.17) is 34.8 Å². The molecule has 0 bridgehead atoms. The predicted molar refractivity (Wildman–Crippen MR) is 67.0 cm³/mol. The van der Waals surface area contributed by atoms with Gasteiger partial charge in [-0.15, -0.1) is 0 Å². The Bertz CT molecular complexity index is 345. The summed E-state index contributed by atoms with van der Waals surface area (Å²) in [5.74, 6) is 0. The smallest absolute Gasteiger partial charge is 0.0796 e. The minimum absolute atomic E-state index is 0.327. The van der Waals surface area contributed by atoms with Gasteiger partial charge in [0.05, 0.1) is 19.5 Å². The molecule has 1 aromatic rings. The van der Waals surface area contributed by atoms with Crippen LogP contribution in [0.3, 0.4) is 0 Å². The fourth-order valence-electron chi connectivity index (χ4n) is 0.801. The monoisotopic (exact) mass is 362 g/mol. The van der Waals surface area contributed by atoms with E-state index in [1.807, 2.05) is 0 Å². The first-order valence-electron chi connectivity index (χ1n) is 3.14. The third-order valence-electron chi connectivity index (χ3n) is 1.45. The van der Waals surface area contributed by atoms with Gasteiger partial charge in [-0.05, 0) is 31.9 Å². The van der Waals surface area contributed by atoms with Crippen LogP contribution in [0, 0.1) is 0 Å². The fourth-order valence-corrected chi connectivity index (χ4v) is 2.81. The second-order valence-electron chi connectivity index (χ2n) is 2.19. The summed E-state index contributed by atoms with van der Waals surface area (Å²) >= 11 is 24.3. The van der Waals surface area contributed by atoms with Gasteiger partial charge in [0.2, 0.25) is 0 Å². The molecule has 0 nitrogen and oxygen atoms in total. The van der Waals surface area contributed by atoms with E-state index in [9.17, 15) is 0 Å². The van der Waals surface area contributed by atoms with Crippen LogP contribution in [0.25, 0.3) is 6.08 Å². The van der Waals surface area contributed by atoms with Crippen molar-refractivity contribution >= 4 is 72.7 Å². The highest BCUT2D eigenvalue weighted by Crippen LogP contribution is 2.44. The first-order valence-corrected chi connectivity index (χ1v) is 5.86. The van der Waals surface area contributed by atoms with Gasteiger partial charge < -0.3 is 0 Å². The van der Waals surface area contributed by atoms with Gasteiger partial charge in [0, 0.05) is 10.0 Å². The van der Waals surface area contributed by atoms with Gasteiger partial charge in [-0.1, -0.05) is 47.5 Å². The third kappa shape index (κ3) is 2.07. The van der Waals surface area contributed by atoms with E-state index in [1.165, 1.54) is 0 Å². The van der Waals surface area contributed by atoms with Crippen molar-refractivity contribution in [2.24, 2.45) is 0 Å². The molecule has 0 N–H and O–H groups in total. The van der Waals surface area contributed by atoms with Crippen molar-refractivity contribution in [1.82, 2.24) is 0 Å². The molecule has 5 heteroatoms. The molecule has 0 heterocycles. The Morgan fingerprint density at radius 3 is 1.92 bits per heavy atom. The zero-order valence-corrected chi connectivity index (χ0v) is 11.6. The van der Waals surface area contributed by atoms with E-state index >= 15 is 0 Å². The highest BCUT2D eigenvalue weighted by atomic mass is 79.9. The van der Waals surface area contributed by atoms with Crippen LogP contribution in [0.1, 0.15) is 5.56 Å². The van der Waals surface area contributed by atoms with Crippen LogP contribution in [0.4, 0.5) is 0 Å². The van der Waals surface area contributed by atoms with Crippen molar-refractivity contribution < 1.29 is 0 Å². The van der Waals surface area contributed by atoms with Crippen LogP contribution in [0.15, 0.2) is 15.5 Å². The average Bonchev–Trinajstić information content (AvgIpc) is 2.13. The molecule has 0 amide bonds. The first-order chi connectivity index (χ1) is 6.00. The zero-order chi connectivity index (χ0) is 10.2. The Kier molecular flexibility index (Phi) is 4.14. The van der Waals surface area contributed by atoms with Crippen molar-refractivity contribution in [3.63, 3.8) is 0 Å². The summed E-state index contributed by atoms with van der Waals surface area (Å²) in [4.78, 5) is 0. The molecule has 0 aromatic heterocycles. The molecule has 0 spiro atoms. The topological polar surface area (TPSA) is 0 Å². The molecule has 0 aliphatic carbocycles. The third-order valence-corrected chi connectivity index (χ3v) is 5.17. The standard InChI is InChI=1S/C8H3Br2Cl3/c1-2-3-4(9)5(10)7(12)8(13)6(3)11/h2H,1H2. The van der Waals surface area contributed by atoms with Crippen molar-refractivity contribution in [2.75, 3.05) is 0 Å². The number of hydrogen-bond acceptors (Lipinski definition) is 0. The quantitative estimate of drug-likeness (QED) is 0.435. The Balaban J connectivity index is 3.66. The molecule has 70 valence electrons. The second kappa shape index (κ2) is 4.54. The number of benzene rings is 1. The number of rotatable bonds is 1. The van der Waals surface area contributed by atoms with E-state index < -0.39 is 0 Å². The summed E-state index contributed by atoms with van der Waals surface area (Å²) < 4.78 is 1.43. The average molecular weight is 365 g/mol. The lowest BCUT2D eigenvalue weighted by Gasteiger charge is -2.09. The molecule has 0 atom stereocenters. The van der Waals surface area contributed by atoms with Gasteiger partial charge in [0.15, 0.2) is 0 Å². The first kappa shape index (κ1) is 11.9. The summed E-state index contributed by atoms with van der Waals surface area (Å²) in [6.45, 7) is 3.63. The molecular formula is C8H3Br2Cl3. The van der Waals surface area contributed by atoms with Crippen molar-refractivity contribution in [3.05, 3.63) is 36.2 Å². The fraction of sp³-hybridized carbons (Fsp3) is 0. The van der Waals surface area contributed by atoms with Crippen LogP contribution in [-0.2, 0) is 0 Å². The summed E-state index contributed by atoms with van der Waals surface area (Å²) in [7, 11) is 0. The minimum atomic E-state index is 0.327. The van der Waals surface area contributed by atoms with Gasteiger partial charge >= 0.3 is 0 Å². The second-order valence-corrected chi connectivity index (χ2v) is 4.91. The Morgan fingerprint density at radius 2 is 1.46 bits per heavy atom. The molecule has 0 unspecified atom stereocenters. The Morgan fingerprint density at radius 1 is 0.923 bits per heavy atom. The molecule has 0 saturated carbocycles. The van der Waals surface area contributed by atoms with Crippen LogP contribution < -0.4 is 0 Å². The molecule has 0 aliphatic heterocycles. The Labute approximate surface area is 108 Å². The van der Waals surface area contributed by atoms with Crippen molar-refractivity contribution in [3.8, 4) is 0 Å². The van der Waals surface area contributed by atoms with E-state index in [2.05, 4.69) is 38.4 Å². The summed E-state index contributed by atoms with van der Waals surface area (Å²) in [5.41, 5.74) is 0.725. The molecule has 0 radical (unpaired) electrons. The van der Waals surface area contributed by atoms with E-state index in [1.54, 1.807) is 6.08 Å². The molecule has 13 heavy (non-hydrogen) atoms. The largest absolute Gasteiger partial charge is 0.0984 e. The number of halogens is 5. The predicted octanol–water partition coefficient (Wildman–Crippen LogP) is 5.81. The molecule has 0 aliphatic rings. The SMILES string of the molecule is C=Cc1c(Cl)c(Cl)c(Cl)c(Br)c1Br. The summed E-state index contributed by atoms with van der Waals surface area (Å²) in [6.07, 6.45) is 1.61. The molecule has 1 rings (SSSR count). The maximum absolute atomic E-state index is 5.94. The molecule has 0 saturated heterocycles. The van der Waals surface area contributed by atoms with Gasteiger partial charge in [-0.2, -0.15) is 0 Å². The highest BCUT2D eigenvalue weighted by molar-refractivity contribution is 9.13.